The third-order valence-corrected chi connectivity index (χ3v) is 3.93. The van der Waals surface area contributed by atoms with Crippen LogP contribution in [0, 0.1) is 5.41 Å². The van der Waals surface area contributed by atoms with Crippen LogP contribution in [0.1, 0.15) is 39.3 Å². The molecule has 23 heavy (non-hydrogen) atoms. The first-order chi connectivity index (χ1) is 10.7. The fourth-order valence-electron chi connectivity index (χ4n) is 2.86. The van der Waals surface area contributed by atoms with Gasteiger partial charge in [-0.2, -0.15) is 0 Å². The fourth-order valence-corrected chi connectivity index (χ4v) is 2.86. The number of carbonyl (C=O) groups is 2. The first kappa shape index (κ1) is 17.2. The maximum atomic E-state index is 12.3. The summed E-state index contributed by atoms with van der Waals surface area (Å²) < 4.78 is 5.38. The average molecular weight is 320 g/mol. The Kier molecular flexibility index (Phi) is 4.92. The molecule has 0 bridgehead atoms. The van der Waals surface area contributed by atoms with E-state index < -0.39 is 23.1 Å². The molecule has 1 fully saturated rings. The summed E-state index contributed by atoms with van der Waals surface area (Å²) in [5.41, 5.74) is -0.883. The topological polar surface area (TPSA) is 79.7 Å². The SMILES string of the molecule is CC(C)(C)OC(=O)N1CCC[C@@](Cc2ccccn2)(C(=O)O)C1. The van der Waals surface area contributed by atoms with Crippen LogP contribution >= 0.6 is 0 Å². The van der Waals surface area contributed by atoms with Crippen LogP contribution in [0.25, 0.3) is 0 Å². The van der Waals surface area contributed by atoms with E-state index in [1.807, 2.05) is 12.1 Å². The van der Waals surface area contributed by atoms with Crippen molar-refractivity contribution in [2.45, 2.75) is 45.6 Å². The highest BCUT2D eigenvalue weighted by Gasteiger charge is 2.44. The first-order valence-corrected chi connectivity index (χ1v) is 7.83. The maximum Gasteiger partial charge on any atom is 0.410 e. The number of likely N-dealkylation sites (tertiary alicyclic amines) is 1. The number of ether oxygens (including phenoxy) is 1. The number of amides is 1. The Hall–Kier alpha value is -2.11. The van der Waals surface area contributed by atoms with Crippen LogP contribution in [0.3, 0.4) is 0 Å². The highest BCUT2D eigenvalue weighted by atomic mass is 16.6. The van der Waals surface area contributed by atoms with E-state index in [9.17, 15) is 14.7 Å². The Balaban J connectivity index is 2.17. The number of hydrogen-bond acceptors (Lipinski definition) is 4. The maximum absolute atomic E-state index is 12.3. The second kappa shape index (κ2) is 6.56. The Labute approximate surface area is 136 Å². The second-order valence-electron chi connectivity index (χ2n) is 7.09. The average Bonchev–Trinajstić information content (AvgIpc) is 2.46. The van der Waals surface area contributed by atoms with Gasteiger partial charge in [0, 0.05) is 31.4 Å². The molecule has 1 amide bonds. The molecule has 1 atom stereocenters. The van der Waals surface area contributed by atoms with E-state index in [-0.39, 0.29) is 6.54 Å². The molecule has 126 valence electrons. The number of hydrogen-bond donors (Lipinski definition) is 1. The van der Waals surface area contributed by atoms with Gasteiger partial charge in [-0.1, -0.05) is 6.07 Å². The third-order valence-electron chi connectivity index (χ3n) is 3.93. The molecule has 0 spiro atoms. The molecule has 0 radical (unpaired) electrons. The largest absolute Gasteiger partial charge is 0.481 e. The number of nitrogens with zero attached hydrogens (tertiary/aromatic N) is 2. The predicted molar refractivity (Wildman–Crippen MR) is 85.1 cm³/mol. The predicted octanol–water partition coefficient (Wildman–Crippen LogP) is 2.73. The molecule has 0 aromatic carbocycles. The minimum atomic E-state index is -1.01. The van der Waals surface area contributed by atoms with Crippen LogP contribution in [0.15, 0.2) is 24.4 Å². The number of pyridine rings is 1. The Morgan fingerprint density at radius 2 is 2.13 bits per heavy atom. The molecule has 0 unspecified atom stereocenters. The lowest BCUT2D eigenvalue weighted by atomic mass is 9.76. The van der Waals surface area contributed by atoms with Gasteiger partial charge in [-0.25, -0.2) is 4.79 Å². The van der Waals surface area contributed by atoms with Gasteiger partial charge in [0.05, 0.1) is 5.41 Å². The summed E-state index contributed by atoms with van der Waals surface area (Å²) in [6.45, 7) is 6.06. The van der Waals surface area contributed by atoms with E-state index in [1.165, 1.54) is 4.90 Å². The molecule has 6 heteroatoms. The monoisotopic (exact) mass is 320 g/mol. The van der Waals surface area contributed by atoms with Crippen LogP contribution in [-0.2, 0) is 16.0 Å². The lowest BCUT2D eigenvalue weighted by molar-refractivity contribution is -0.152. The highest BCUT2D eigenvalue weighted by molar-refractivity contribution is 5.77. The van der Waals surface area contributed by atoms with Gasteiger partial charge in [0.15, 0.2) is 0 Å². The Morgan fingerprint density at radius 3 is 2.70 bits per heavy atom. The van der Waals surface area contributed by atoms with Crippen molar-refractivity contribution in [2.24, 2.45) is 5.41 Å². The van der Waals surface area contributed by atoms with E-state index in [0.29, 0.717) is 25.8 Å². The Bertz CT molecular complexity index is 568. The van der Waals surface area contributed by atoms with Gasteiger partial charge in [-0.3, -0.25) is 9.78 Å². The molecular weight excluding hydrogens is 296 g/mol. The van der Waals surface area contributed by atoms with Crippen molar-refractivity contribution in [2.75, 3.05) is 13.1 Å². The van der Waals surface area contributed by atoms with E-state index >= 15 is 0 Å². The quantitative estimate of drug-likeness (QED) is 0.926. The zero-order chi connectivity index (χ0) is 17.1. The van der Waals surface area contributed by atoms with Gasteiger partial charge >= 0.3 is 12.1 Å². The van der Waals surface area contributed by atoms with E-state index in [2.05, 4.69) is 4.98 Å². The van der Waals surface area contributed by atoms with Crippen molar-refractivity contribution in [3.63, 3.8) is 0 Å². The number of carbonyl (C=O) groups excluding carboxylic acids is 1. The van der Waals surface area contributed by atoms with Gasteiger partial charge in [-0.15, -0.1) is 0 Å². The van der Waals surface area contributed by atoms with Crippen molar-refractivity contribution in [3.05, 3.63) is 30.1 Å². The summed E-state index contributed by atoms with van der Waals surface area (Å²) in [7, 11) is 0. The standard InChI is InChI=1S/C17H24N2O4/c1-16(2,3)23-15(22)19-10-6-8-17(12-19,14(20)21)11-13-7-4-5-9-18-13/h4-5,7,9H,6,8,10-12H2,1-3H3,(H,20,21)/t17-/m0/s1. The van der Waals surface area contributed by atoms with Crippen molar-refractivity contribution < 1.29 is 19.4 Å². The minimum Gasteiger partial charge on any atom is -0.481 e. The van der Waals surface area contributed by atoms with E-state index in [4.69, 9.17) is 4.74 Å². The van der Waals surface area contributed by atoms with Crippen LogP contribution in [0.2, 0.25) is 0 Å². The molecule has 1 N–H and O–H groups in total. The lowest BCUT2D eigenvalue weighted by Gasteiger charge is -2.40. The van der Waals surface area contributed by atoms with Crippen molar-refractivity contribution >= 4 is 12.1 Å². The van der Waals surface area contributed by atoms with Gasteiger partial charge in [0.1, 0.15) is 5.60 Å². The number of rotatable bonds is 3. The third kappa shape index (κ3) is 4.43. The molecule has 0 aliphatic carbocycles. The molecule has 6 nitrogen and oxygen atoms in total. The molecule has 0 saturated carbocycles. The molecule has 1 aliphatic rings. The minimum absolute atomic E-state index is 0.147. The van der Waals surface area contributed by atoms with E-state index in [1.54, 1.807) is 33.0 Å². The molecule has 2 rings (SSSR count). The van der Waals surface area contributed by atoms with Crippen LogP contribution in [0.5, 0.6) is 0 Å². The number of carboxylic acid groups (broad SMARTS) is 1. The zero-order valence-corrected chi connectivity index (χ0v) is 13.9. The molecule has 1 aromatic heterocycles. The zero-order valence-electron chi connectivity index (χ0n) is 13.9. The van der Waals surface area contributed by atoms with Gasteiger partial charge in [0.2, 0.25) is 0 Å². The second-order valence-corrected chi connectivity index (χ2v) is 7.09. The summed E-state index contributed by atoms with van der Waals surface area (Å²) in [6.07, 6.45) is 2.67. The van der Waals surface area contributed by atoms with Gasteiger partial charge in [-0.05, 0) is 45.7 Å². The van der Waals surface area contributed by atoms with Crippen molar-refractivity contribution in [1.29, 1.82) is 0 Å². The summed E-state index contributed by atoms with van der Waals surface area (Å²) in [5.74, 6) is -0.892. The van der Waals surface area contributed by atoms with E-state index in [0.717, 1.165) is 5.69 Å². The summed E-state index contributed by atoms with van der Waals surface area (Å²) >= 11 is 0. The first-order valence-electron chi connectivity index (χ1n) is 7.83. The number of aliphatic carboxylic acids is 1. The summed E-state index contributed by atoms with van der Waals surface area (Å²) in [6, 6.07) is 5.45. The summed E-state index contributed by atoms with van der Waals surface area (Å²) in [5, 5.41) is 9.78. The number of piperidine rings is 1. The van der Waals surface area contributed by atoms with Crippen molar-refractivity contribution in [3.8, 4) is 0 Å². The number of carboxylic acids is 1. The molecular formula is C17H24N2O4. The highest BCUT2D eigenvalue weighted by Crippen LogP contribution is 2.34. The van der Waals surface area contributed by atoms with Gasteiger partial charge in [0.25, 0.3) is 0 Å². The molecule has 1 aromatic rings. The van der Waals surface area contributed by atoms with Gasteiger partial charge < -0.3 is 14.7 Å². The van der Waals surface area contributed by atoms with Crippen LogP contribution < -0.4 is 0 Å². The molecule has 1 saturated heterocycles. The van der Waals surface area contributed by atoms with Crippen LogP contribution in [0.4, 0.5) is 4.79 Å². The fraction of sp³-hybridized carbons (Fsp3) is 0.588. The van der Waals surface area contributed by atoms with Crippen LogP contribution in [-0.4, -0.2) is 45.7 Å². The number of aromatic nitrogens is 1. The Morgan fingerprint density at radius 1 is 1.39 bits per heavy atom. The van der Waals surface area contributed by atoms with Crippen molar-refractivity contribution in [1.82, 2.24) is 9.88 Å². The molecule has 2 heterocycles. The normalized spacial score (nSPS) is 21.8. The molecule has 1 aliphatic heterocycles. The summed E-state index contributed by atoms with van der Waals surface area (Å²) in [4.78, 5) is 29.9. The smallest absolute Gasteiger partial charge is 0.410 e. The lowest BCUT2D eigenvalue weighted by Crippen LogP contribution is -2.52.